The van der Waals surface area contributed by atoms with Crippen LogP contribution >= 0.6 is 0 Å². The van der Waals surface area contributed by atoms with Crippen LogP contribution in [0, 0.1) is 16.7 Å². The van der Waals surface area contributed by atoms with Crippen LogP contribution in [0.1, 0.15) is 57.4 Å². The lowest BCUT2D eigenvalue weighted by Gasteiger charge is -2.42. The molecule has 0 aromatic heterocycles. The summed E-state index contributed by atoms with van der Waals surface area (Å²) in [6, 6.07) is 9.93. The van der Waals surface area contributed by atoms with Gasteiger partial charge in [-0.3, -0.25) is 0 Å². The highest BCUT2D eigenvalue weighted by Crippen LogP contribution is 2.48. The predicted molar refractivity (Wildman–Crippen MR) is 82.9 cm³/mol. The molecule has 0 spiro atoms. The van der Waals surface area contributed by atoms with Gasteiger partial charge in [0, 0.05) is 0 Å². The quantitative estimate of drug-likeness (QED) is 0.908. The molecule has 1 aromatic rings. The van der Waals surface area contributed by atoms with E-state index in [0.29, 0.717) is 5.75 Å². The van der Waals surface area contributed by atoms with E-state index in [1.165, 1.54) is 6.42 Å². The monoisotopic (exact) mass is 287 g/mol. The van der Waals surface area contributed by atoms with Gasteiger partial charge in [0.25, 0.3) is 0 Å². The minimum Gasteiger partial charge on any atom is -0.497 e. The molecule has 114 valence electrons. The van der Waals surface area contributed by atoms with Gasteiger partial charge in [-0.1, -0.05) is 44.2 Å². The predicted octanol–water partition coefficient (Wildman–Crippen LogP) is 4.16. The largest absolute Gasteiger partial charge is 0.497 e. The van der Waals surface area contributed by atoms with Crippen LogP contribution in [0.4, 0.5) is 0 Å². The van der Waals surface area contributed by atoms with Crippen molar-refractivity contribution in [2.24, 2.45) is 5.41 Å². The van der Waals surface area contributed by atoms with Gasteiger partial charge in [0.2, 0.25) is 0 Å². The summed E-state index contributed by atoms with van der Waals surface area (Å²) in [4.78, 5) is 0. The standard InChI is InChI=1S/C18H25NO2/c1-17(20,15-9-8-10-16(13-15)21-2)18(14-19)11-6-4-3-5-7-12-18/h8-10,13,20H,3-7,11-12H2,1-2H3. The van der Waals surface area contributed by atoms with E-state index >= 15 is 0 Å². The average molecular weight is 287 g/mol. The topological polar surface area (TPSA) is 53.2 Å². The number of nitrogens with zero attached hydrogens (tertiary/aromatic N) is 1. The Morgan fingerprint density at radius 2 is 1.81 bits per heavy atom. The maximum Gasteiger partial charge on any atom is 0.119 e. The van der Waals surface area contributed by atoms with Crippen molar-refractivity contribution in [3.05, 3.63) is 29.8 Å². The zero-order valence-corrected chi connectivity index (χ0v) is 13.1. The van der Waals surface area contributed by atoms with Crippen LogP contribution in [0.25, 0.3) is 0 Å². The molecule has 3 nitrogen and oxygen atoms in total. The molecule has 0 amide bonds. The Kier molecular flexibility index (Phi) is 4.90. The van der Waals surface area contributed by atoms with Crippen LogP contribution in [0.5, 0.6) is 5.75 Å². The molecule has 2 rings (SSSR count). The third-order valence-electron chi connectivity index (χ3n) is 4.98. The summed E-state index contributed by atoms with van der Waals surface area (Å²) < 4.78 is 5.25. The molecule has 3 heteroatoms. The summed E-state index contributed by atoms with van der Waals surface area (Å²) in [7, 11) is 1.61. The Bertz CT molecular complexity index is 508. The number of hydrogen-bond acceptors (Lipinski definition) is 3. The van der Waals surface area contributed by atoms with E-state index < -0.39 is 11.0 Å². The molecule has 1 aliphatic rings. The van der Waals surface area contributed by atoms with Crippen molar-refractivity contribution in [3.8, 4) is 11.8 Å². The molecule has 1 unspecified atom stereocenters. The number of ether oxygens (including phenoxy) is 1. The molecule has 1 fully saturated rings. The number of rotatable bonds is 3. The molecule has 0 aliphatic heterocycles. The van der Waals surface area contributed by atoms with Crippen LogP contribution in [0.15, 0.2) is 24.3 Å². The molecule has 1 aromatic carbocycles. The maximum atomic E-state index is 11.2. The van der Waals surface area contributed by atoms with Crippen molar-refractivity contribution in [2.75, 3.05) is 7.11 Å². The lowest BCUT2D eigenvalue weighted by atomic mass is 9.64. The number of benzene rings is 1. The summed E-state index contributed by atoms with van der Waals surface area (Å²) in [5, 5.41) is 21.1. The first-order valence-corrected chi connectivity index (χ1v) is 7.84. The van der Waals surface area contributed by atoms with Crippen molar-refractivity contribution in [1.29, 1.82) is 5.26 Å². The van der Waals surface area contributed by atoms with Gasteiger partial charge in [-0.05, 0) is 37.5 Å². The Labute approximate surface area is 127 Å². The highest BCUT2D eigenvalue weighted by Gasteiger charge is 2.48. The van der Waals surface area contributed by atoms with E-state index in [1.807, 2.05) is 24.3 Å². The molecular weight excluding hydrogens is 262 g/mol. The van der Waals surface area contributed by atoms with Crippen LogP contribution in [0.2, 0.25) is 0 Å². The van der Waals surface area contributed by atoms with Gasteiger partial charge in [-0.2, -0.15) is 5.26 Å². The van der Waals surface area contributed by atoms with Gasteiger partial charge >= 0.3 is 0 Å². The Morgan fingerprint density at radius 1 is 1.19 bits per heavy atom. The molecule has 1 aliphatic carbocycles. The Balaban J connectivity index is 2.39. The lowest BCUT2D eigenvalue weighted by Crippen LogP contribution is -2.43. The van der Waals surface area contributed by atoms with E-state index in [9.17, 15) is 10.4 Å². The van der Waals surface area contributed by atoms with Crippen LogP contribution < -0.4 is 4.74 Å². The Hall–Kier alpha value is -1.53. The van der Waals surface area contributed by atoms with E-state index in [-0.39, 0.29) is 0 Å². The Morgan fingerprint density at radius 3 is 2.38 bits per heavy atom. The molecule has 1 atom stereocenters. The van der Waals surface area contributed by atoms with E-state index in [1.54, 1.807) is 14.0 Å². The first-order chi connectivity index (χ1) is 10.1. The lowest BCUT2D eigenvalue weighted by molar-refractivity contribution is -0.0583. The molecule has 0 bridgehead atoms. The minimum absolute atomic E-state index is 0.709. The number of hydrogen-bond donors (Lipinski definition) is 1. The highest BCUT2D eigenvalue weighted by atomic mass is 16.5. The molecule has 0 heterocycles. The molecule has 1 saturated carbocycles. The number of methoxy groups -OCH3 is 1. The van der Waals surface area contributed by atoms with Crippen molar-refractivity contribution < 1.29 is 9.84 Å². The molecule has 21 heavy (non-hydrogen) atoms. The van der Waals surface area contributed by atoms with Gasteiger partial charge in [0.1, 0.15) is 11.4 Å². The molecule has 0 radical (unpaired) electrons. The number of nitriles is 1. The van der Waals surface area contributed by atoms with Gasteiger partial charge < -0.3 is 9.84 Å². The van der Waals surface area contributed by atoms with Crippen LogP contribution in [-0.4, -0.2) is 12.2 Å². The fourth-order valence-electron chi connectivity index (χ4n) is 3.42. The summed E-state index contributed by atoms with van der Waals surface area (Å²) in [5.41, 5.74) is -1.10. The van der Waals surface area contributed by atoms with Gasteiger partial charge in [0.05, 0.1) is 18.6 Å². The second-order valence-corrected chi connectivity index (χ2v) is 6.27. The van der Waals surface area contributed by atoms with Crippen molar-refractivity contribution >= 4 is 0 Å². The number of aliphatic hydroxyl groups is 1. The van der Waals surface area contributed by atoms with Gasteiger partial charge in [0.15, 0.2) is 0 Å². The summed E-state index contributed by atoms with van der Waals surface area (Å²) in [6.07, 6.45) is 7.07. The zero-order chi connectivity index (χ0) is 15.3. The first kappa shape index (κ1) is 15.9. The summed E-state index contributed by atoms with van der Waals surface area (Å²) in [5.74, 6) is 0.715. The van der Waals surface area contributed by atoms with Crippen molar-refractivity contribution in [1.82, 2.24) is 0 Å². The third-order valence-corrected chi connectivity index (χ3v) is 4.98. The first-order valence-electron chi connectivity index (χ1n) is 7.84. The van der Waals surface area contributed by atoms with E-state index in [0.717, 1.165) is 44.1 Å². The van der Waals surface area contributed by atoms with Gasteiger partial charge in [-0.25, -0.2) is 0 Å². The van der Waals surface area contributed by atoms with Crippen LogP contribution in [-0.2, 0) is 5.60 Å². The molecule has 1 N–H and O–H groups in total. The van der Waals surface area contributed by atoms with Gasteiger partial charge in [-0.15, -0.1) is 0 Å². The highest BCUT2D eigenvalue weighted by molar-refractivity contribution is 5.35. The zero-order valence-electron chi connectivity index (χ0n) is 13.1. The van der Waals surface area contributed by atoms with E-state index in [4.69, 9.17) is 4.74 Å². The summed E-state index contributed by atoms with van der Waals surface area (Å²) in [6.45, 7) is 1.78. The molecular formula is C18H25NO2. The second-order valence-electron chi connectivity index (χ2n) is 6.27. The van der Waals surface area contributed by atoms with Crippen molar-refractivity contribution in [2.45, 2.75) is 57.5 Å². The normalized spacial score (nSPS) is 21.4. The summed E-state index contributed by atoms with van der Waals surface area (Å²) >= 11 is 0. The van der Waals surface area contributed by atoms with E-state index in [2.05, 4.69) is 6.07 Å². The fraction of sp³-hybridized carbons (Fsp3) is 0.611. The maximum absolute atomic E-state index is 11.2. The smallest absolute Gasteiger partial charge is 0.119 e. The SMILES string of the molecule is COc1cccc(C(C)(O)C2(C#N)CCCCCCC2)c1. The fourth-order valence-corrected chi connectivity index (χ4v) is 3.42. The second kappa shape index (κ2) is 6.49. The third kappa shape index (κ3) is 3.06. The minimum atomic E-state index is -1.16. The van der Waals surface area contributed by atoms with Crippen LogP contribution in [0.3, 0.4) is 0 Å². The van der Waals surface area contributed by atoms with Crippen molar-refractivity contribution in [3.63, 3.8) is 0 Å². The average Bonchev–Trinajstić information content (AvgIpc) is 2.47. The molecule has 0 saturated heterocycles.